The van der Waals surface area contributed by atoms with E-state index < -0.39 is 0 Å². The second-order valence-electron chi connectivity index (χ2n) is 8.71. The molecule has 0 heterocycles. The summed E-state index contributed by atoms with van der Waals surface area (Å²) in [4.78, 5) is 24.7. The molecule has 3 heteroatoms. The summed E-state index contributed by atoms with van der Waals surface area (Å²) >= 11 is 0. The van der Waals surface area contributed by atoms with Crippen LogP contribution in [0.5, 0.6) is 5.75 Å². The number of fused-ring (bicyclic) bond motifs is 5. The van der Waals surface area contributed by atoms with E-state index in [1.54, 1.807) is 0 Å². The molecule has 0 amide bonds. The highest BCUT2D eigenvalue weighted by Crippen LogP contribution is 2.70. The van der Waals surface area contributed by atoms with Crippen LogP contribution < -0.4 is 4.74 Å². The third-order valence-corrected chi connectivity index (χ3v) is 6.76. The zero-order valence-electron chi connectivity index (χ0n) is 15.8. The predicted molar refractivity (Wildman–Crippen MR) is 98.0 cm³/mol. The van der Waals surface area contributed by atoms with Gasteiger partial charge in [-0.1, -0.05) is 27.4 Å². The third-order valence-electron chi connectivity index (χ3n) is 6.76. The minimum Gasteiger partial charge on any atom is -0.426 e. The molecule has 1 aromatic carbocycles. The van der Waals surface area contributed by atoms with Crippen molar-refractivity contribution in [3.05, 3.63) is 34.4 Å². The Kier molecular flexibility index (Phi) is 3.35. The Labute approximate surface area is 149 Å². The Bertz CT molecular complexity index is 844. The van der Waals surface area contributed by atoms with Crippen LogP contribution in [0.25, 0.3) is 5.57 Å². The number of rotatable bonds is 1. The van der Waals surface area contributed by atoms with Gasteiger partial charge in [-0.2, -0.15) is 0 Å². The number of Topliss-reactive ketones (excluding diaryl/α,β-unsaturated/α-hetero) is 1. The summed E-state index contributed by atoms with van der Waals surface area (Å²) in [5, 5.41) is 0. The number of benzene rings is 1. The van der Waals surface area contributed by atoms with Gasteiger partial charge in [-0.3, -0.25) is 9.59 Å². The number of hydrogen-bond donors (Lipinski definition) is 0. The first-order chi connectivity index (χ1) is 11.7. The van der Waals surface area contributed by atoms with Crippen LogP contribution >= 0.6 is 0 Å². The Balaban J connectivity index is 2.06. The smallest absolute Gasteiger partial charge is 0.308 e. The minimum absolute atomic E-state index is 0.0609. The fourth-order valence-electron chi connectivity index (χ4n) is 5.40. The molecule has 3 nitrogen and oxygen atoms in total. The van der Waals surface area contributed by atoms with E-state index in [-0.39, 0.29) is 23.1 Å². The van der Waals surface area contributed by atoms with Gasteiger partial charge in [0.05, 0.1) is 0 Å². The maximum Gasteiger partial charge on any atom is 0.308 e. The first kappa shape index (κ1) is 16.6. The van der Waals surface area contributed by atoms with Crippen LogP contribution in [0.2, 0.25) is 0 Å². The van der Waals surface area contributed by atoms with E-state index in [0.29, 0.717) is 24.0 Å². The van der Waals surface area contributed by atoms with Crippen LogP contribution in [-0.4, -0.2) is 11.8 Å². The lowest BCUT2D eigenvalue weighted by Gasteiger charge is -2.22. The second kappa shape index (κ2) is 5.06. The predicted octanol–water partition coefficient (Wildman–Crippen LogP) is 4.84. The molecular formula is C22H26O3. The molecule has 0 N–H and O–H groups in total. The molecule has 0 unspecified atom stereocenters. The van der Waals surface area contributed by atoms with Gasteiger partial charge in [0.25, 0.3) is 0 Å². The highest BCUT2D eigenvalue weighted by atomic mass is 16.5. The van der Waals surface area contributed by atoms with E-state index in [9.17, 15) is 9.59 Å². The Morgan fingerprint density at radius 1 is 1.28 bits per heavy atom. The van der Waals surface area contributed by atoms with Gasteiger partial charge >= 0.3 is 5.97 Å². The molecule has 25 heavy (non-hydrogen) atoms. The largest absolute Gasteiger partial charge is 0.426 e. The quantitative estimate of drug-likeness (QED) is 0.543. The molecule has 3 aliphatic carbocycles. The molecule has 4 rings (SSSR count). The molecule has 1 aromatic rings. The van der Waals surface area contributed by atoms with E-state index in [0.717, 1.165) is 40.7 Å². The maximum atomic E-state index is 13.0. The van der Waals surface area contributed by atoms with Crippen LogP contribution in [0.15, 0.2) is 6.58 Å². The topological polar surface area (TPSA) is 43.4 Å². The second-order valence-corrected chi connectivity index (χ2v) is 8.71. The van der Waals surface area contributed by atoms with Crippen molar-refractivity contribution in [2.45, 2.75) is 59.8 Å². The van der Waals surface area contributed by atoms with Crippen molar-refractivity contribution in [3.8, 4) is 5.75 Å². The molecule has 0 spiro atoms. The summed E-state index contributed by atoms with van der Waals surface area (Å²) < 4.78 is 5.64. The number of ether oxygens (including phenoxy) is 1. The summed E-state index contributed by atoms with van der Waals surface area (Å²) in [6, 6.07) is 0. The van der Waals surface area contributed by atoms with Crippen LogP contribution in [0, 0.1) is 24.2 Å². The van der Waals surface area contributed by atoms with Gasteiger partial charge in [0.1, 0.15) is 5.75 Å². The first-order valence-corrected chi connectivity index (χ1v) is 9.26. The fourth-order valence-corrected chi connectivity index (χ4v) is 5.40. The molecule has 3 aliphatic rings. The Morgan fingerprint density at radius 2 is 1.96 bits per heavy atom. The molecule has 0 bridgehead atoms. The van der Waals surface area contributed by atoms with Gasteiger partial charge in [0.2, 0.25) is 0 Å². The van der Waals surface area contributed by atoms with E-state index in [1.165, 1.54) is 12.5 Å². The Morgan fingerprint density at radius 3 is 2.60 bits per heavy atom. The van der Waals surface area contributed by atoms with Gasteiger partial charge in [-0.15, -0.1) is 0 Å². The molecule has 1 saturated carbocycles. The van der Waals surface area contributed by atoms with Gasteiger partial charge in [0, 0.05) is 24.0 Å². The summed E-state index contributed by atoms with van der Waals surface area (Å²) in [6.45, 7) is 14.4. The average Bonchev–Trinajstić information content (AvgIpc) is 3.00. The highest BCUT2D eigenvalue weighted by molar-refractivity contribution is 6.08. The molecule has 0 aliphatic heterocycles. The zero-order valence-corrected chi connectivity index (χ0v) is 15.8. The monoisotopic (exact) mass is 338 g/mol. The third kappa shape index (κ3) is 2.11. The number of carbonyl (C=O) groups is 2. The van der Waals surface area contributed by atoms with E-state index >= 15 is 0 Å². The molecular weight excluding hydrogens is 312 g/mol. The van der Waals surface area contributed by atoms with E-state index in [1.807, 2.05) is 6.92 Å². The summed E-state index contributed by atoms with van der Waals surface area (Å²) in [5.74, 6) is 1.46. The lowest BCUT2D eigenvalue weighted by Crippen LogP contribution is -2.12. The number of carbonyl (C=O) groups excluding carboxylic acids is 2. The number of hydrogen-bond acceptors (Lipinski definition) is 3. The van der Waals surface area contributed by atoms with Crippen molar-refractivity contribution >= 4 is 17.3 Å². The average molecular weight is 338 g/mol. The number of ketones is 1. The van der Waals surface area contributed by atoms with Crippen molar-refractivity contribution in [3.63, 3.8) is 0 Å². The van der Waals surface area contributed by atoms with E-state index in [4.69, 9.17) is 4.74 Å². The van der Waals surface area contributed by atoms with Gasteiger partial charge < -0.3 is 4.74 Å². The Hall–Kier alpha value is -1.90. The molecule has 132 valence electrons. The SMILES string of the molecule is C=C1CC[C@H]2[C@@H](c3c(C)c(OC(C)=O)c4c(c31)C(=O)[C@H](C)C4)C2(C)C. The van der Waals surface area contributed by atoms with Gasteiger partial charge in [-0.25, -0.2) is 0 Å². The lowest BCUT2D eigenvalue weighted by atomic mass is 9.83. The zero-order chi connectivity index (χ0) is 18.3. The summed E-state index contributed by atoms with van der Waals surface area (Å²) in [6.07, 6.45) is 2.71. The van der Waals surface area contributed by atoms with Gasteiger partial charge in [-0.05, 0) is 65.7 Å². The molecule has 0 radical (unpaired) electrons. The van der Waals surface area contributed by atoms with Crippen molar-refractivity contribution in [2.24, 2.45) is 17.3 Å². The van der Waals surface area contributed by atoms with Crippen molar-refractivity contribution < 1.29 is 14.3 Å². The van der Waals surface area contributed by atoms with Crippen LogP contribution in [0.1, 0.15) is 79.1 Å². The molecule has 1 fully saturated rings. The molecule has 3 atom stereocenters. The lowest BCUT2D eigenvalue weighted by molar-refractivity contribution is -0.132. The maximum absolute atomic E-state index is 13.0. The van der Waals surface area contributed by atoms with Crippen LogP contribution in [-0.2, 0) is 11.2 Å². The first-order valence-electron chi connectivity index (χ1n) is 9.26. The summed E-state index contributed by atoms with van der Waals surface area (Å²) in [7, 11) is 0. The fraction of sp³-hybridized carbons (Fsp3) is 0.545. The van der Waals surface area contributed by atoms with Gasteiger partial charge in [0.15, 0.2) is 5.78 Å². The minimum atomic E-state index is -0.323. The van der Waals surface area contributed by atoms with Crippen molar-refractivity contribution in [1.29, 1.82) is 0 Å². The van der Waals surface area contributed by atoms with Crippen LogP contribution in [0.3, 0.4) is 0 Å². The van der Waals surface area contributed by atoms with Crippen molar-refractivity contribution in [2.75, 3.05) is 0 Å². The van der Waals surface area contributed by atoms with Crippen molar-refractivity contribution in [1.82, 2.24) is 0 Å². The number of esters is 1. The van der Waals surface area contributed by atoms with Crippen LogP contribution in [0.4, 0.5) is 0 Å². The molecule has 0 saturated heterocycles. The number of allylic oxidation sites excluding steroid dienone is 1. The highest BCUT2D eigenvalue weighted by Gasteiger charge is 2.60. The standard InChI is InChI=1S/C22H26O3/c1-10-7-8-15-19(22(15,5)6)17-12(3)21(25-13(4)23)14-9-11(2)20(24)18(14)16(10)17/h11,15,19H,1,7-9H2,2-6H3/t11-,15+,19+/m1/s1. The summed E-state index contributed by atoms with van der Waals surface area (Å²) in [5.41, 5.74) is 6.35. The molecule has 0 aromatic heterocycles. The van der Waals surface area contributed by atoms with E-state index in [2.05, 4.69) is 27.4 Å². The normalized spacial score (nSPS) is 28.8.